The van der Waals surface area contributed by atoms with Crippen molar-refractivity contribution in [1.82, 2.24) is 15.6 Å². The van der Waals surface area contributed by atoms with Crippen molar-refractivity contribution in [1.29, 1.82) is 0 Å². The van der Waals surface area contributed by atoms with Gasteiger partial charge < -0.3 is 5.32 Å². The van der Waals surface area contributed by atoms with E-state index in [4.69, 9.17) is 0 Å². The molecule has 1 aromatic rings. The summed E-state index contributed by atoms with van der Waals surface area (Å²) in [7, 11) is 1.63. The van der Waals surface area contributed by atoms with Crippen molar-refractivity contribution in [2.75, 3.05) is 7.05 Å². The Morgan fingerprint density at radius 2 is 2.20 bits per heavy atom. The minimum absolute atomic E-state index is 0.00857. The van der Waals surface area contributed by atoms with Gasteiger partial charge in [-0.1, -0.05) is 6.07 Å². The fraction of sp³-hybridized carbons (Fsp3) is 0.455. The van der Waals surface area contributed by atoms with Crippen LogP contribution in [0.25, 0.3) is 0 Å². The van der Waals surface area contributed by atoms with Crippen LogP contribution < -0.4 is 10.6 Å². The van der Waals surface area contributed by atoms with Crippen molar-refractivity contribution in [3.63, 3.8) is 0 Å². The van der Waals surface area contributed by atoms with Crippen LogP contribution in [-0.4, -0.2) is 24.0 Å². The molecular formula is C11H17N3O. The van der Waals surface area contributed by atoms with Crippen LogP contribution in [-0.2, 0) is 4.79 Å². The predicted octanol–water partition coefficient (Wildman–Crippen LogP) is 0.867. The molecule has 0 bridgehead atoms. The molecule has 4 nitrogen and oxygen atoms in total. The number of hydrogen-bond acceptors (Lipinski definition) is 3. The number of carbonyl (C=O) groups is 1. The first-order valence-electron chi connectivity index (χ1n) is 5.02. The first-order chi connectivity index (χ1) is 7.15. The molecule has 0 saturated heterocycles. The molecule has 15 heavy (non-hydrogen) atoms. The summed E-state index contributed by atoms with van der Waals surface area (Å²) in [6.07, 6.45) is 3.53. The zero-order chi connectivity index (χ0) is 11.3. The molecule has 0 radical (unpaired) electrons. The molecule has 0 aromatic carbocycles. The molecule has 82 valence electrons. The number of hydrogen-bond donors (Lipinski definition) is 2. The summed E-state index contributed by atoms with van der Waals surface area (Å²) in [6, 6.07) is 3.79. The number of likely N-dealkylation sites (N-methyl/N-ethyl adjacent to an activating group) is 1. The summed E-state index contributed by atoms with van der Waals surface area (Å²) < 4.78 is 0. The zero-order valence-electron chi connectivity index (χ0n) is 9.32. The molecule has 0 aliphatic heterocycles. The molecule has 2 N–H and O–H groups in total. The first-order valence-corrected chi connectivity index (χ1v) is 5.02. The SMILES string of the molecule is CNC(=O)[C@@H](C)NC(C)c1cccnc1. The maximum Gasteiger partial charge on any atom is 0.236 e. The fourth-order valence-electron chi connectivity index (χ4n) is 1.40. The van der Waals surface area contributed by atoms with E-state index in [2.05, 4.69) is 15.6 Å². The van der Waals surface area contributed by atoms with Gasteiger partial charge in [-0.3, -0.25) is 15.1 Å². The number of aromatic nitrogens is 1. The van der Waals surface area contributed by atoms with E-state index in [1.165, 1.54) is 0 Å². The van der Waals surface area contributed by atoms with E-state index in [9.17, 15) is 4.79 Å². The van der Waals surface area contributed by atoms with E-state index in [-0.39, 0.29) is 18.0 Å². The minimum atomic E-state index is -0.204. The van der Waals surface area contributed by atoms with Crippen LogP contribution in [0.5, 0.6) is 0 Å². The van der Waals surface area contributed by atoms with E-state index < -0.39 is 0 Å². The predicted molar refractivity (Wildman–Crippen MR) is 59.3 cm³/mol. The quantitative estimate of drug-likeness (QED) is 0.770. The maximum atomic E-state index is 11.3. The maximum absolute atomic E-state index is 11.3. The van der Waals surface area contributed by atoms with E-state index in [0.29, 0.717) is 0 Å². The number of nitrogens with zero attached hydrogens (tertiary/aromatic N) is 1. The van der Waals surface area contributed by atoms with Gasteiger partial charge in [0, 0.05) is 25.5 Å². The second-order valence-corrected chi connectivity index (χ2v) is 3.51. The lowest BCUT2D eigenvalue weighted by atomic mass is 10.1. The van der Waals surface area contributed by atoms with Gasteiger partial charge in [0.05, 0.1) is 6.04 Å². The molecule has 1 amide bonds. The van der Waals surface area contributed by atoms with Crippen molar-refractivity contribution < 1.29 is 4.79 Å². The molecule has 1 aromatic heterocycles. The molecule has 4 heteroatoms. The summed E-state index contributed by atoms with van der Waals surface area (Å²) in [4.78, 5) is 15.3. The highest BCUT2D eigenvalue weighted by Gasteiger charge is 2.14. The molecule has 2 atom stereocenters. The number of nitrogens with one attached hydrogen (secondary N) is 2. The molecule has 0 fully saturated rings. The van der Waals surface area contributed by atoms with Crippen molar-refractivity contribution in [3.8, 4) is 0 Å². The molecular weight excluding hydrogens is 190 g/mol. The average Bonchev–Trinajstić information content (AvgIpc) is 2.29. The summed E-state index contributed by atoms with van der Waals surface area (Å²) in [6.45, 7) is 3.85. The third-order valence-electron chi connectivity index (χ3n) is 2.32. The van der Waals surface area contributed by atoms with Gasteiger partial charge in [0.2, 0.25) is 5.91 Å². The van der Waals surface area contributed by atoms with Crippen molar-refractivity contribution in [2.24, 2.45) is 0 Å². The highest BCUT2D eigenvalue weighted by Crippen LogP contribution is 2.10. The lowest BCUT2D eigenvalue weighted by Gasteiger charge is -2.18. The summed E-state index contributed by atoms with van der Waals surface area (Å²) in [5.74, 6) is -0.00857. The molecule has 0 spiro atoms. The zero-order valence-corrected chi connectivity index (χ0v) is 9.32. The van der Waals surface area contributed by atoms with Crippen LogP contribution in [0.2, 0.25) is 0 Å². The van der Waals surface area contributed by atoms with Gasteiger partial charge in [0.25, 0.3) is 0 Å². The Kier molecular flexibility index (Phi) is 4.24. The highest BCUT2D eigenvalue weighted by atomic mass is 16.2. The normalized spacial score (nSPS) is 14.3. The minimum Gasteiger partial charge on any atom is -0.358 e. The third kappa shape index (κ3) is 3.32. The Morgan fingerprint density at radius 3 is 2.73 bits per heavy atom. The van der Waals surface area contributed by atoms with Crippen LogP contribution in [0.4, 0.5) is 0 Å². The molecule has 0 saturated carbocycles. The lowest BCUT2D eigenvalue weighted by molar-refractivity contribution is -0.122. The van der Waals surface area contributed by atoms with Crippen LogP contribution in [0, 0.1) is 0 Å². The molecule has 1 unspecified atom stereocenters. The van der Waals surface area contributed by atoms with Gasteiger partial charge in [-0.05, 0) is 25.5 Å². The van der Waals surface area contributed by atoms with Gasteiger partial charge in [0.1, 0.15) is 0 Å². The van der Waals surface area contributed by atoms with Crippen LogP contribution in [0.3, 0.4) is 0 Å². The highest BCUT2D eigenvalue weighted by molar-refractivity contribution is 5.80. The standard InChI is InChI=1S/C11H17N3O/c1-8(10-5-4-6-13-7-10)14-9(2)11(15)12-3/h4-9,14H,1-3H3,(H,12,15)/t8?,9-/m1/s1. The topological polar surface area (TPSA) is 54.0 Å². The second-order valence-electron chi connectivity index (χ2n) is 3.51. The second kappa shape index (κ2) is 5.46. The number of rotatable bonds is 4. The van der Waals surface area contributed by atoms with Gasteiger partial charge in [-0.25, -0.2) is 0 Å². The van der Waals surface area contributed by atoms with Crippen LogP contribution in [0.1, 0.15) is 25.5 Å². The van der Waals surface area contributed by atoms with E-state index >= 15 is 0 Å². The smallest absolute Gasteiger partial charge is 0.236 e. The molecule has 0 aliphatic rings. The average molecular weight is 207 g/mol. The molecule has 0 aliphatic carbocycles. The Bertz CT molecular complexity index is 313. The van der Waals surface area contributed by atoms with Crippen molar-refractivity contribution >= 4 is 5.91 Å². The number of amides is 1. The Labute approximate surface area is 90.1 Å². The van der Waals surface area contributed by atoms with Crippen LogP contribution in [0.15, 0.2) is 24.5 Å². The number of pyridine rings is 1. The molecule has 1 rings (SSSR count). The monoisotopic (exact) mass is 207 g/mol. The Morgan fingerprint density at radius 1 is 1.47 bits per heavy atom. The van der Waals surface area contributed by atoms with E-state index in [1.54, 1.807) is 19.4 Å². The summed E-state index contributed by atoms with van der Waals surface area (Å²) >= 11 is 0. The van der Waals surface area contributed by atoms with Gasteiger partial charge in [-0.2, -0.15) is 0 Å². The first kappa shape index (κ1) is 11.7. The van der Waals surface area contributed by atoms with Gasteiger partial charge in [-0.15, -0.1) is 0 Å². The van der Waals surface area contributed by atoms with Crippen molar-refractivity contribution in [3.05, 3.63) is 30.1 Å². The Balaban J connectivity index is 2.56. The lowest BCUT2D eigenvalue weighted by Crippen LogP contribution is -2.41. The largest absolute Gasteiger partial charge is 0.358 e. The van der Waals surface area contributed by atoms with Crippen LogP contribution >= 0.6 is 0 Å². The Hall–Kier alpha value is -1.42. The molecule has 1 heterocycles. The fourth-order valence-corrected chi connectivity index (χ4v) is 1.40. The summed E-state index contributed by atoms with van der Waals surface area (Å²) in [5.41, 5.74) is 1.08. The third-order valence-corrected chi connectivity index (χ3v) is 2.32. The van der Waals surface area contributed by atoms with Gasteiger partial charge in [0.15, 0.2) is 0 Å². The van der Waals surface area contributed by atoms with E-state index in [0.717, 1.165) is 5.56 Å². The van der Waals surface area contributed by atoms with Gasteiger partial charge >= 0.3 is 0 Å². The van der Waals surface area contributed by atoms with E-state index in [1.807, 2.05) is 26.0 Å². The summed E-state index contributed by atoms with van der Waals surface area (Å²) in [5, 5.41) is 5.80. The number of carbonyl (C=O) groups excluding carboxylic acids is 1. The van der Waals surface area contributed by atoms with Crippen molar-refractivity contribution in [2.45, 2.75) is 25.9 Å².